The first kappa shape index (κ1) is 11.1. The Morgan fingerprint density at radius 2 is 1.39 bits per heavy atom. The fourth-order valence-corrected chi connectivity index (χ4v) is 5.44. The largest absolute Gasteiger partial charge is 0.0588 e. The van der Waals surface area contributed by atoms with E-state index in [1.807, 2.05) is 0 Å². The van der Waals surface area contributed by atoms with Gasteiger partial charge in [-0.2, -0.15) is 0 Å². The van der Waals surface area contributed by atoms with Gasteiger partial charge in [-0.3, -0.25) is 0 Å². The Hall–Kier alpha value is -0.780. The maximum absolute atomic E-state index is 2.49. The molecule has 96 valence electrons. The minimum atomic E-state index is 0.900. The van der Waals surface area contributed by atoms with Gasteiger partial charge in [0.15, 0.2) is 0 Å². The Morgan fingerprint density at radius 1 is 0.778 bits per heavy atom. The summed E-state index contributed by atoms with van der Waals surface area (Å²) in [7, 11) is 0. The third kappa shape index (κ3) is 1.57. The van der Waals surface area contributed by atoms with Crippen molar-refractivity contribution in [3.63, 3.8) is 0 Å². The maximum atomic E-state index is 2.49. The summed E-state index contributed by atoms with van der Waals surface area (Å²) in [4.78, 5) is 0. The summed E-state index contributed by atoms with van der Waals surface area (Å²) in [5.74, 6) is 5.12. The molecule has 5 rings (SSSR count). The number of hydrogen-bond donors (Lipinski definition) is 0. The van der Waals surface area contributed by atoms with E-state index in [1.54, 1.807) is 12.0 Å². The molecule has 0 N–H and O–H groups in total. The molecule has 0 aliphatic heterocycles. The van der Waals surface area contributed by atoms with Gasteiger partial charge < -0.3 is 0 Å². The standard InChI is InChI=1S/C18H24/c1-11-3-4-15(5-12(11)2)18-16-7-13-6-14(9-16)10-17(18)8-13/h3-5,13-14,16-18H,6-10H2,1-2H3. The zero-order valence-electron chi connectivity index (χ0n) is 11.7. The van der Waals surface area contributed by atoms with E-state index in [0.29, 0.717) is 0 Å². The summed E-state index contributed by atoms with van der Waals surface area (Å²) >= 11 is 0. The van der Waals surface area contributed by atoms with Crippen molar-refractivity contribution in [1.82, 2.24) is 0 Å². The van der Waals surface area contributed by atoms with Crippen molar-refractivity contribution < 1.29 is 0 Å². The van der Waals surface area contributed by atoms with E-state index in [2.05, 4.69) is 32.0 Å². The van der Waals surface area contributed by atoms with Crippen LogP contribution in [0.25, 0.3) is 0 Å². The van der Waals surface area contributed by atoms with Crippen molar-refractivity contribution in [2.45, 2.75) is 51.9 Å². The third-order valence-electron chi connectivity index (χ3n) is 6.14. The summed E-state index contributed by atoms with van der Waals surface area (Å²) in [5.41, 5.74) is 4.59. The lowest BCUT2D eigenvalue weighted by Crippen LogP contribution is -2.43. The second kappa shape index (κ2) is 3.85. The molecule has 0 nitrogen and oxygen atoms in total. The molecule has 1 aromatic rings. The minimum Gasteiger partial charge on any atom is -0.0588 e. The van der Waals surface area contributed by atoms with Gasteiger partial charge in [-0.1, -0.05) is 18.2 Å². The molecule has 18 heavy (non-hydrogen) atoms. The van der Waals surface area contributed by atoms with E-state index in [-0.39, 0.29) is 0 Å². The predicted octanol–water partition coefficient (Wildman–Crippen LogP) is 4.84. The van der Waals surface area contributed by atoms with E-state index < -0.39 is 0 Å². The average Bonchev–Trinajstić information content (AvgIpc) is 2.32. The lowest BCUT2D eigenvalue weighted by atomic mass is 9.50. The molecule has 0 atom stereocenters. The highest BCUT2D eigenvalue weighted by Gasteiger charge is 2.48. The Balaban J connectivity index is 1.70. The first-order chi connectivity index (χ1) is 8.70. The topological polar surface area (TPSA) is 0 Å². The van der Waals surface area contributed by atoms with Gasteiger partial charge in [0.05, 0.1) is 0 Å². The smallest absolute Gasteiger partial charge is 0.0105 e. The van der Waals surface area contributed by atoms with Crippen LogP contribution in [0.2, 0.25) is 0 Å². The van der Waals surface area contributed by atoms with Gasteiger partial charge in [-0.05, 0) is 92.2 Å². The molecule has 4 fully saturated rings. The monoisotopic (exact) mass is 240 g/mol. The number of aryl methyl sites for hydroxylation is 2. The van der Waals surface area contributed by atoms with Crippen LogP contribution in [0.1, 0.15) is 54.7 Å². The van der Waals surface area contributed by atoms with Gasteiger partial charge in [0.25, 0.3) is 0 Å². The highest BCUT2D eigenvalue weighted by molar-refractivity contribution is 5.33. The van der Waals surface area contributed by atoms with Crippen molar-refractivity contribution in [3.05, 3.63) is 34.9 Å². The number of hydrogen-bond acceptors (Lipinski definition) is 0. The summed E-state index contributed by atoms with van der Waals surface area (Å²) in [6, 6.07) is 7.26. The summed E-state index contributed by atoms with van der Waals surface area (Å²) in [6.45, 7) is 4.50. The van der Waals surface area contributed by atoms with Crippen molar-refractivity contribution in [1.29, 1.82) is 0 Å². The highest BCUT2D eigenvalue weighted by Crippen LogP contribution is 2.59. The molecule has 4 aliphatic carbocycles. The normalized spacial score (nSPS) is 41.3. The second-order valence-corrected chi connectivity index (χ2v) is 7.30. The van der Waals surface area contributed by atoms with Crippen LogP contribution in [0, 0.1) is 37.5 Å². The van der Waals surface area contributed by atoms with Crippen LogP contribution >= 0.6 is 0 Å². The van der Waals surface area contributed by atoms with Crippen LogP contribution in [0.3, 0.4) is 0 Å². The quantitative estimate of drug-likeness (QED) is 0.658. The van der Waals surface area contributed by atoms with Crippen molar-refractivity contribution in [2.75, 3.05) is 0 Å². The summed E-state index contributed by atoms with van der Waals surface area (Å²) < 4.78 is 0. The van der Waals surface area contributed by atoms with Gasteiger partial charge in [0.2, 0.25) is 0 Å². The third-order valence-corrected chi connectivity index (χ3v) is 6.14. The molecular formula is C18H24. The molecule has 4 aliphatic rings. The lowest BCUT2D eigenvalue weighted by molar-refractivity contribution is -0.00279. The van der Waals surface area contributed by atoms with Crippen LogP contribution in [0.5, 0.6) is 0 Å². The fraction of sp³-hybridized carbons (Fsp3) is 0.667. The average molecular weight is 240 g/mol. The highest BCUT2D eigenvalue weighted by atomic mass is 14.5. The molecule has 0 aromatic heterocycles. The Morgan fingerprint density at radius 3 is 1.94 bits per heavy atom. The molecule has 4 bridgehead atoms. The van der Waals surface area contributed by atoms with E-state index >= 15 is 0 Å². The molecule has 0 radical (unpaired) electrons. The van der Waals surface area contributed by atoms with Crippen molar-refractivity contribution in [2.24, 2.45) is 23.7 Å². The van der Waals surface area contributed by atoms with Gasteiger partial charge in [0, 0.05) is 0 Å². The molecule has 4 saturated carbocycles. The molecule has 1 aromatic carbocycles. The molecule has 0 spiro atoms. The lowest BCUT2D eigenvalue weighted by Gasteiger charge is -2.54. The molecule has 0 saturated heterocycles. The summed E-state index contributed by atoms with van der Waals surface area (Å²) in [6.07, 6.45) is 7.69. The molecule has 0 heteroatoms. The van der Waals surface area contributed by atoms with Crippen molar-refractivity contribution >= 4 is 0 Å². The Kier molecular flexibility index (Phi) is 2.37. The van der Waals surface area contributed by atoms with Crippen LogP contribution in [0.15, 0.2) is 18.2 Å². The minimum absolute atomic E-state index is 0.900. The zero-order valence-corrected chi connectivity index (χ0v) is 11.7. The van der Waals surface area contributed by atoms with Crippen LogP contribution < -0.4 is 0 Å². The number of rotatable bonds is 1. The van der Waals surface area contributed by atoms with Gasteiger partial charge >= 0.3 is 0 Å². The van der Waals surface area contributed by atoms with E-state index in [4.69, 9.17) is 0 Å². The Bertz CT molecular complexity index is 443. The van der Waals surface area contributed by atoms with Crippen LogP contribution in [-0.2, 0) is 0 Å². The van der Waals surface area contributed by atoms with Crippen LogP contribution in [-0.4, -0.2) is 0 Å². The SMILES string of the molecule is Cc1ccc(C2C3CC4CC(C3)CC2C4)cc1C. The molecule has 0 unspecified atom stereocenters. The number of benzene rings is 1. The van der Waals surface area contributed by atoms with E-state index in [9.17, 15) is 0 Å². The first-order valence-corrected chi connectivity index (χ1v) is 7.78. The zero-order chi connectivity index (χ0) is 12.3. The summed E-state index contributed by atoms with van der Waals surface area (Å²) in [5, 5.41) is 0. The van der Waals surface area contributed by atoms with E-state index in [1.165, 1.54) is 36.8 Å². The van der Waals surface area contributed by atoms with E-state index in [0.717, 1.165) is 29.6 Å². The van der Waals surface area contributed by atoms with Crippen LogP contribution in [0.4, 0.5) is 0 Å². The van der Waals surface area contributed by atoms with Gasteiger partial charge in [-0.25, -0.2) is 0 Å². The molecular weight excluding hydrogens is 216 g/mol. The first-order valence-electron chi connectivity index (χ1n) is 7.78. The van der Waals surface area contributed by atoms with Crippen molar-refractivity contribution in [3.8, 4) is 0 Å². The Labute approximate surface area is 111 Å². The van der Waals surface area contributed by atoms with Gasteiger partial charge in [0.1, 0.15) is 0 Å². The molecule has 0 amide bonds. The van der Waals surface area contributed by atoms with Gasteiger partial charge in [-0.15, -0.1) is 0 Å². The molecule has 0 heterocycles. The second-order valence-electron chi connectivity index (χ2n) is 7.30. The fourth-order valence-electron chi connectivity index (χ4n) is 5.44. The predicted molar refractivity (Wildman–Crippen MR) is 75.7 cm³/mol. The maximum Gasteiger partial charge on any atom is -0.0105 e.